The van der Waals surface area contributed by atoms with Gasteiger partial charge in [-0.2, -0.15) is 0 Å². The Labute approximate surface area is 217 Å². The molecule has 0 radical (unpaired) electrons. The van der Waals surface area contributed by atoms with Crippen molar-refractivity contribution in [3.63, 3.8) is 0 Å². The molecule has 0 bridgehead atoms. The lowest BCUT2D eigenvalue weighted by molar-refractivity contribution is -0.143. The number of carboxylic acids is 2. The van der Waals surface area contributed by atoms with Crippen LogP contribution in [-0.2, 0) is 35.2 Å². The average molecular weight is 540 g/mol. The van der Waals surface area contributed by atoms with E-state index in [-0.39, 0.29) is 25.0 Å². The van der Waals surface area contributed by atoms with Gasteiger partial charge in [-0.05, 0) is 37.5 Å². The number of phenols is 1. The second kappa shape index (κ2) is 15.1. The summed E-state index contributed by atoms with van der Waals surface area (Å²) in [7, 11) is 0. The molecule has 210 valence electrons. The first-order chi connectivity index (χ1) is 17.7. The Hall–Kier alpha value is -4.24. The predicted octanol–water partition coefficient (Wildman–Crippen LogP) is -2.69. The van der Waals surface area contributed by atoms with Gasteiger partial charge in [0.2, 0.25) is 23.6 Å². The molecule has 5 atom stereocenters. The molecular formula is C23H33N5O10. The molecule has 0 aliphatic heterocycles. The number of rotatable bonds is 16. The van der Waals surface area contributed by atoms with Crippen molar-refractivity contribution >= 4 is 35.6 Å². The maximum atomic E-state index is 13.0. The molecule has 0 aromatic heterocycles. The summed E-state index contributed by atoms with van der Waals surface area (Å²) in [5, 5.41) is 44.6. The summed E-state index contributed by atoms with van der Waals surface area (Å²) >= 11 is 0. The summed E-state index contributed by atoms with van der Waals surface area (Å²) in [6.45, 7) is 1.20. The second-order valence-corrected chi connectivity index (χ2v) is 8.60. The lowest BCUT2D eigenvalue weighted by atomic mass is 10.0. The minimum absolute atomic E-state index is 0.0667. The first-order valence-corrected chi connectivity index (χ1v) is 11.6. The van der Waals surface area contributed by atoms with E-state index in [2.05, 4.69) is 16.0 Å². The molecule has 38 heavy (non-hydrogen) atoms. The number of aliphatic hydroxyl groups is 1. The molecule has 0 saturated heterocycles. The van der Waals surface area contributed by atoms with Gasteiger partial charge in [-0.3, -0.25) is 24.0 Å². The highest BCUT2D eigenvalue weighted by Crippen LogP contribution is 2.12. The van der Waals surface area contributed by atoms with Crippen molar-refractivity contribution in [2.24, 2.45) is 11.5 Å². The minimum atomic E-state index is -1.58. The SMILES string of the molecule is CC(O)C(NC(=O)C(N)CCC(N)=O)C(=O)NC(Cc1ccc(O)cc1)C(=O)NC(CCC(=O)O)C(=O)O. The molecule has 1 aromatic rings. The number of carboxylic acid groups (broad SMARTS) is 2. The molecule has 11 N–H and O–H groups in total. The van der Waals surface area contributed by atoms with Crippen LogP contribution in [-0.4, -0.2) is 86.3 Å². The molecule has 0 spiro atoms. The lowest BCUT2D eigenvalue weighted by Gasteiger charge is -2.26. The number of primary amides is 1. The van der Waals surface area contributed by atoms with Crippen molar-refractivity contribution in [3.05, 3.63) is 29.8 Å². The first kappa shape index (κ1) is 31.8. The van der Waals surface area contributed by atoms with Gasteiger partial charge in [-0.1, -0.05) is 12.1 Å². The number of nitrogens with one attached hydrogen (secondary N) is 3. The van der Waals surface area contributed by atoms with Gasteiger partial charge in [0.1, 0.15) is 23.9 Å². The molecule has 4 amide bonds. The fraction of sp³-hybridized carbons (Fsp3) is 0.478. The Bertz CT molecular complexity index is 1010. The summed E-state index contributed by atoms with van der Waals surface area (Å²) in [4.78, 5) is 71.6. The Morgan fingerprint density at radius 3 is 1.92 bits per heavy atom. The largest absolute Gasteiger partial charge is 0.508 e. The van der Waals surface area contributed by atoms with E-state index in [1.54, 1.807) is 0 Å². The normalized spacial score (nSPS) is 14.7. The van der Waals surface area contributed by atoms with Gasteiger partial charge in [0.15, 0.2) is 0 Å². The Balaban J connectivity index is 3.11. The summed E-state index contributed by atoms with van der Waals surface area (Å²) in [6, 6.07) is -0.262. The zero-order valence-corrected chi connectivity index (χ0v) is 20.6. The predicted molar refractivity (Wildman–Crippen MR) is 130 cm³/mol. The van der Waals surface area contributed by atoms with Gasteiger partial charge in [0.05, 0.1) is 12.1 Å². The van der Waals surface area contributed by atoms with E-state index in [1.807, 2.05) is 0 Å². The van der Waals surface area contributed by atoms with Crippen molar-refractivity contribution < 1.29 is 49.2 Å². The van der Waals surface area contributed by atoms with E-state index in [4.69, 9.17) is 16.6 Å². The fourth-order valence-electron chi connectivity index (χ4n) is 3.23. The monoisotopic (exact) mass is 539 g/mol. The number of benzene rings is 1. The highest BCUT2D eigenvalue weighted by molar-refractivity contribution is 5.94. The first-order valence-electron chi connectivity index (χ1n) is 11.6. The number of amides is 4. The molecule has 0 heterocycles. The number of aromatic hydroxyl groups is 1. The maximum Gasteiger partial charge on any atom is 0.326 e. The zero-order valence-electron chi connectivity index (χ0n) is 20.6. The summed E-state index contributed by atoms with van der Waals surface area (Å²) in [5.74, 6) is -6.37. The Morgan fingerprint density at radius 2 is 1.42 bits per heavy atom. The van der Waals surface area contributed by atoms with Crippen LogP contribution in [0.3, 0.4) is 0 Å². The van der Waals surface area contributed by atoms with Crippen LogP contribution in [0.1, 0.15) is 38.2 Å². The molecule has 5 unspecified atom stereocenters. The van der Waals surface area contributed by atoms with E-state index >= 15 is 0 Å². The number of nitrogens with two attached hydrogens (primary N) is 2. The zero-order chi connectivity index (χ0) is 29.0. The fourth-order valence-corrected chi connectivity index (χ4v) is 3.23. The quantitative estimate of drug-likeness (QED) is 0.104. The van der Waals surface area contributed by atoms with E-state index in [0.717, 1.165) is 0 Å². The molecule has 1 aromatic carbocycles. The van der Waals surface area contributed by atoms with Crippen molar-refractivity contribution in [1.29, 1.82) is 0 Å². The van der Waals surface area contributed by atoms with Gasteiger partial charge in [0.25, 0.3) is 0 Å². The van der Waals surface area contributed by atoms with Crippen LogP contribution in [0.5, 0.6) is 5.75 Å². The highest BCUT2D eigenvalue weighted by atomic mass is 16.4. The van der Waals surface area contributed by atoms with Crippen LogP contribution in [0.25, 0.3) is 0 Å². The lowest BCUT2D eigenvalue weighted by Crippen LogP contribution is -2.60. The van der Waals surface area contributed by atoms with Crippen LogP contribution in [0.2, 0.25) is 0 Å². The molecule has 0 aliphatic carbocycles. The van der Waals surface area contributed by atoms with Crippen molar-refractivity contribution in [2.75, 3.05) is 0 Å². The van der Waals surface area contributed by atoms with Gasteiger partial charge in [-0.15, -0.1) is 0 Å². The van der Waals surface area contributed by atoms with E-state index < -0.39 is 78.7 Å². The van der Waals surface area contributed by atoms with Crippen molar-refractivity contribution in [2.45, 2.75) is 69.3 Å². The molecule has 15 heteroatoms. The van der Waals surface area contributed by atoms with Crippen LogP contribution in [0.15, 0.2) is 24.3 Å². The van der Waals surface area contributed by atoms with Gasteiger partial charge in [-0.25, -0.2) is 4.79 Å². The molecule has 0 saturated carbocycles. The van der Waals surface area contributed by atoms with Crippen molar-refractivity contribution in [3.8, 4) is 5.75 Å². The third-order valence-corrected chi connectivity index (χ3v) is 5.37. The average Bonchev–Trinajstić information content (AvgIpc) is 2.83. The maximum absolute atomic E-state index is 13.0. The molecule has 0 aliphatic rings. The number of aliphatic hydroxyl groups excluding tert-OH is 1. The third kappa shape index (κ3) is 11.2. The molecular weight excluding hydrogens is 506 g/mol. The second-order valence-electron chi connectivity index (χ2n) is 8.60. The molecule has 1 rings (SSSR count). The number of phenolic OH excluding ortho intramolecular Hbond substituents is 1. The summed E-state index contributed by atoms with van der Waals surface area (Å²) in [6.07, 6.45) is -2.93. The molecule has 0 fully saturated rings. The summed E-state index contributed by atoms with van der Waals surface area (Å²) < 4.78 is 0. The number of hydrogen-bond acceptors (Lipinski definition) is 9. The van der Waals surface area contributed by atoms with Crippen LogP contribution in [0.4, 0.5) is 0 Å². The van der Waals surface area contributed by atoms with E-state index in [0.29, 0.717) is 5.56 Å². The highest BCUT2D eigenvalue weighted by Gasteiger charge is 2.32. The smallest absolute Gasteiger partial charge is 0.326 e. The van der Waals surface area contributed by atoms with Gasteiger partial charge < -0.3 is 47.8 Å². The number of aliphatic carboxylic acids is 2. The van der Waals surface area contributed by atoms with E-state index in [9.17, 15) is 44.1 Å². The number of carbonyl (C=O) groups excluding carboxylic acids is 4. The Kier molecular flexibility index (Phi) is 12.6. The number of carbonyl (C=O) groups is 6. The van der Waals surface area contributed by atoms with Crippen LogP contribution in [0, 0.1) is 0 Å². The topological polar surface area (TPSA) is 271 Å². The molecule has 15 nitrogen and oxygen atoms in total. The van der Waals surface area contributed by atoms with Crippen LogP contribution >= 0.6 is 0 Å². The third-order valence-electron chi connectivity index (χ3n) is 5.37. The van der Waals surface area contributed by atoms with Crippen LogP contribution < -0.4 is 27.4 Å². The van der Waals surface area contributed by atoms with Gasteiger partial charge >= 0.3 is 11.9 Å². The standard InChI is InChI=1S/C23H33N5O10/c1-11(29)19(28-20(34)14(24)6-8-17(25)31)22(36)27-16(10-12-2-4-13(30)5-3-12)21(35)26-15(23(37)38)7-9-18(32)33/h2-5,11,14-16,19,29-30H,6-10,24H2,1H3,(H2,25,31)(H,26,35)(H,27,36)(H,28,34)(H,32,33)(H,37,38). The minimum Gasteiger partial charge on any atom is -0.508 e. The summed E-state index contributed by atoms with van der Waals surface area (Å²) in [5.41, 5.74) is 11.2. The Morgan fingerprint density at radius 1 is 0.842 bits per heavy atom. The van der Waals surface area contributed by atoms with Gasteiger partial charge in [0, 0.05) is 19.3 Å². The van der Waals surface area contributed by atoms with E-state index in [1.165, 1.54) is 31.2 Å². The number of hydrogen-bond donors (Lipinski definition) is 9. The van der Waals surface area contributed by atoms with Crippen molar-refractivity contribution in [1.82, 2.24) is 16.0 Å².